The van der Waals surface area contributed by atoms with Crippen LogP contribution in [-0.2, 0) is 10.0 Å². The molecular weight excluding hydrogens is 299 g/mol. The summed E-state index contributed by atoms with van der Waals surface area (Å²) in [7, 11) is -2.30. The smallest absolute Gasteiger partial charge is 0.243 e. The summed E-state index contributed by atoms with van der Waals surface area (Å²) < 4.78 is 40.1. The van der Waals surface area contributed by atoms with E-state index < -0.39 is 15.8 Å². The van der Waals surface area contributed by atoms with Gasteiger partial charge in [-0.25, -0.2) is 17.1 Å². The van der Waals surface area contributed by atoms with Gasteiger partial charge >= 0.3 is 0 Å². The first-order valence-corrected chi connectivity index (χ1v) is 8.14. The van der Waals surface area contributed by atoms with Crippen molar-refractivity contribution in [1.29, 1.82) is 0 Å². The lowest BCUT2D eigenvalue weighted by Gasteiger charge is -2.19. The Bertz CT molecular complexity index is 646. The molecular formula is C13H17FN2O2S2. The average Bonchev–Trinajstić information content (AvgIpc) is 3.03. The van der Waals surface area contributed by atoms with Crippen molar-refractivity contribution in [2.75, 3.05) is 13.6 Å². The summed E-state index contributed by atoms with van der Waals surface area (Å²) in [6, 6.07) is 3.83. The zero-order chi connectivity index (χ0) is 15.1. The van der Waals surface area contributed by atoms with Crippen molar-refractivity contribution in [2.45, 2.75) is 18.2 Å². The standard InChI is InChI=1S/C13H17FN2O2S2/c1-8-6-9(8)7-16(2)20(17,18)11-5-3-4-10(14)12(11)13(15)19/h3-5,8-9H,6-7H2,1-2H3,(H2,15,19). The van der Waals surface area contributed by atoms with Gasteiger partial charge in [0.05, 0.1) is 10.5 Å². The van der Waals surface area contributed by atoms with E-state index >= 15 is 0 Å². The highest BCUT2D eigenvalue weighted by atomic mass is 32.2. The van der Waals surface area contributed by atoms with Crippen molar-refractivity contribution in [3.8, 4) is 0 Å². The molecule has 0 spiro atoms. The summed E-state index contributed by atoms with van der Waals surface area (Å²) in [5, 5.41) is 0. The van der Waals surface area contributed by atoms with Crippen molar-refractivity contribution < 1.29 is 12.8 Å². The summed E-state index contributed by atoms with van der Waals surface area (Å²) in [5.41, 5.74) is 5.25. The Morgan fingerprint density at radius 2 is 2.15 bits per heavy atom. The van der Waals surface area contributed by atoms with Crippen LogP contribution in [0.5, 0.6) is 0 Å². The predicted octanol–water partition coefficient (Wildman–Crippen LogP) is 1.74. The average molecular weight is 316 g/mol. The van der Waals surface area contributed by atoms with Crippen LogP contribution in [0.15, 0.2) is 23.1 Å². The van der Waals surface area contributed by atoms with Gasteiger partial charge in [0.1, 0.15) is 10.8 Å². The van der Waals surface area contributed by atoms with Gasteiger partial charge in [-0.3, -0.25) is 0 Å². The van der Waals surface area contributed by atoms with E-state index in [0.29, 0.717) is 18.4 Å². The van der Waals surface area contributed by atoms with E-state index in [1.165, 1.54) is 23.5 Å². The highest BCUT2D eigenvalue weighted by molar-refractivity contribution is 7.89. The lowest BCUT2D eigenvalue weighted by molar-refractivity contribution is 0.444. The van der Waals surface area contributed by atoms with Crippen LogP contribution in [0.25, 0.3) is 0 Å². The van der Waals surface area contributed by atoms with Crippen LogP contribution >= 0.6 is 12.2 Å². The molecule has 7 heteroatoms. The normalized spacial score (nSPS) is 22.0. The quantitative estimate of drug-likeness (QED) is 0.841. The topological polar surface area (TPSA) is 63.4 Å². The Kier molecular flexibility index (Phi) is 4.13. The van der Waals surface area contributed by atoms with E-state index in [9.17, 15) is 12.8 Å². The summed E-state index contributed by atoms with van der Waals surface area (Å²) in [4.78, 5) is -0.421. The fourth-order valence-corrected chi connectivity index (χ4v) is 3.92. The molecule has 0 radical (unpaired) electrons. The molecule has 1 fully saturated rings. The van der Waals surface area contributed by atoms with Crippen molar-refractivity contribution in [3.63, 3.8) is 0 Å². The molecule has 1 aliphatic rings. The van der Waals surface area contributed by atoms with Crippen LogP contribution in [0.1, 0.15) is 18.9 Å². The number of halogens is 1. The largest absolute Gasteiger partial charge is 0.389 e. The number of sulfonamides is 1. The zero-order valence-electron chi connectivity index (χ0n) is 11.3. The second kappa shape index (κ2) is 5.38. The highest BCUT2D eigenvalue weighted by Crippen LogP contribution is 2.39. The van der Waals surface area contributed by atoms with Gasteiger partial charge in [0, 0.05) is 13.6 Å². The Balaban J connectivity index is 2.38. The third-order valence-corrected chi connectivity index (χ3v) is 5.75. The fraction of sp³-hybridized carbons (Fsp3) is 0.462. The number of thiocarbonyl (C=S) groups is 1. The molecule has 2 atom stereocenters. The second-order valence-electron chi connectivity index (χ2n) is 5.24. The minimum atomic E-state index is -3.79. The molecule has 0 amide bonds. The Morgan fingerprint density at radius 1 is 1.55 bits per heavy atom. The molecule has 2 unspecified atom stereocenters. The van der Waals surface area contributed by atoms with Crippen LogP contribution < -0.4 is 5.73 Å². The van der Waals surface area contributed by atoms with Crippen LogP contribution in [0.3, 0.4) is 0 Å². The van der Waals surface area contributed by atoms with Crippen molar-refractivity contribution in [2.24, 2.45) is 17.6 Å². The SMILES string of the molecule is CC1CC1CN(C)S(=O)(=O)c1cccc(F)c1C(N)=S. The monoisotopic (exact) mass is 316 g/mol. The minimum Gasteiger partial charge on any atom is -0.389 e. The Hall–Kier alpha value is -1.05. The fourth-order valence-electron chi connectivity index (χ4n) is 2.21. The number of rotatable bonds is 5. The van der Waals surface area contributed by atoms with Gasteiger partial charge in [-0.2, -0.15) is 0 Å². The molecule has 2 rings (SSSR count). The predicted molar refractivity (Wildman–Crippen MR) is 79.4 cm³/mol. The van der Waals surface area contributed by atoms with Crippen molar-refractivity contribution in [3.05, 3.63) is 29.6 Å². The first kappa shape index (κ1) is 15.3. The first-order chi connectivity index (χ1) is 9.25. The maximum atomic E-state index is 13.8. The van der Waals surface area contributed by atoms with E-state index in [0.717, 1.165) is 12.5 Å². The molecule has 4 nitrogen and oxygen atoms in total. The maximum Gasteiger partial charge on any atom is 0.243 e. The first-order valence-electron chi connectivity index (χ1n) is 6.29. The number of nitrogens with two attached hydrogens (primary N) is 1. The Labute approximate surface area is 123 Å². The third-order valence-electron chi connectivity index (χ3n) is 3.68. The van der Waals surface area contributed by atoms with Gasteiger partial charge in [-0.1, -0.05) is 25.2 Å². The van der Waals surface area contributed by atoms with Gasteiger partial charge in [0.2, 0.25) is 10.0 Å². The van der Waals surface area contributed by atoms with Gasteiger partial charge in [-0.05, 0) is 30.4 Å². The number of hydrogen-bond acceptors (Lipinski definition) is 3. The van der Waals surface area contributed by atoms with E-state index in [2.05, 4.69) is 6.92 Å². The molecule has 0 bridgehead atoms. The summed E-state index contributed by atoms with van der Waals surface area (Å²) in [6.45, 7) is 2.50. The minimum absolute atomic E-state index is 0.166. The van der Waals surface area contributed by atoms with E-state index in [1.54, 1.807) is 0 Å². The summed E-state index contributed by atoms with van der Waals surface area (Å²) in [6.07, 6.45) is 1.02. The molecule has 1 aromatic carbocycles. The van der Waals surface area contributed by atoms with Gasteiger partial charge in [0.15, 0.2) is 0 Å². The molecule has 2 N–H and O–H groups in total. The molecule has 0 aromatic heterocycles. The number of nitrogens with zero attached hydrogens (tertiary/aromatic N) is 1. The summed E-state index contributed by atoms with van der Waals surface area (Å²) >= 11 is 4.77. The van der Waals surface area contributed by atoms with Crippen molar-refractivity contribution in [1.82, 2.24) is 4.31 Å². The molecule has 1 aliphatic carbocycles. The summed E-state index contributed by atoms with van der Waals surface area (Å²) in [5.74, 6) is 0.193. The number of hydrogen-bond donors (Lipinski definition) is 1. The maximum absolute atomic E-state index is 13.8. The van der Waals surface area contributed by atoms with Crippen LogP contribution in [0.4, 0.5) is 4.39 Å². The van der Waals surface area contributed by atoms with Gasteiger partial charge in [0.25, 0.3) is 0 Å². The lowest BCUT2D eigenvalue weighted by Crippen LogP contribution is -2.31. The third kappa shape index (κ3) is 2.84. The molecule has 0 aliphatic heterocycles. The van der Waals surface area contributed by atoms with E-state index in [4.69, 9.17) is 18.0 Å². The second-order valence-corrected chi connectivity index (χ2v) is 7.69. The molecule has 20 heavy (non-hydrogen) atoms. The van der Waals surface area contributed by atoms with Gasteiger partial charge < -0.3 is 5.73 Å². The van der Waals surface area contributed by atoms with Crippen molar-refractivity contribution >= 4 is 27.2 Å². The van der Waals surface area contributed by atoms with Gasteiger partial charge in [-0.15, -0.1) is 0 Å². The zero-order valence-corrected chi connectivity index (χ0v) is 13.0. The molecule has 110 valence electrons. The molecule has 1 aromatic rings. The molecule has 0 saturated heterocycles. The molecule has 0 heterocycles. The van der Waals surface area contributed by atoms with Crippen LogP contribution in [0.2, 0.25) is 0 Å². The number of benzene rings is 1. The lowest BCUT2D eigenvalue weighted by atomic mass is 10.2. The highest BCUT2D eigenvalue weighted by Gasteiger charge is 2.37. The molecule has 1 saturated carbocycles. The van der Waals surface area contributed by atoms with E-state index in [-0.39, 0.29) is 15.4 Å². The Morgan fingerprint density at radius 3 is 2.65 bits per heavy atom. The van der Waals surface area contributed by atoms with Crippen LogP contribution in [-0.4, -0.2) is 31.3 Å². The van der Waals surface area contributed by atoms with E-state index in [1.807, 2.05) is 0 Å². The van der Waals surface area contributed by atoms with Crippen LogP contribution in [0, 0.1) is 17.7 Å².